The number of aromatic hydroxyl groups is 1. The summed E-state index contributed by atoms with van der Waals surface area (Å²) >= 11 is 1.34. The standard InChI is InChI=1S/C14H13N3O3S/c15-13(20)9-5-12(19)17(6-9)14-16-11(7-21-14)8-1-3-10(18)4-2-8/h1-4,7,9,18H,5-6H2,(H2,15,20). The lowest BCUT2D eigenvalue weighted by Gasteiger charge is -2.11. The van der Waals surface area contributed by atoms with Crippen molar-refractivity contribution in [3.05, 3.63) is 29.6 Å². The molecule has 0 spiro atoms. The average molecular weight is 303 g/mol. The molecule has 0 bridgehead atoms. The fourth-order valence-corrected chi connectivity index (χ4v) is 3.10. The number of thiazole rings is 1. The zero-order valence-corrected chi connectivity index (χ0v) is 11.8. The van der Waals surface area contributed by atoms with E-state index in [4.69, 9.17) is 5.73 Å². The second kappa shape index (κ2) is 5.17. The van der Waals surface area contributed by atoms with Gasteiger partial charge >= 0.3 is 0 Å². The molecule has 2 heterocycles. The summed E-state index contributed by atoms with van der Waals surface area (Å²) in [5, 5.41) is 11.7. The second-order valence-electron chi connectivity index (χ2n) is 4.87. The van der Waals surface area contributed by atoms with Gasteiger partial charge in [-0.05, 0) is 24.3 Å². The van der Waals surface area contributed by atoms with E-state index in [2.05, 4.69) is 4.98 Å². The van der Waals surface area contributed by atoms with E-state index in [0.29, 0.717) is 5.13 Å². The lowest BCUT2D eigenvalue weighted by Crippen LogP contribution is -2.28. The highest BCUT2D eigenvalue weighted by Gasteiger charge is 2.35. The Bertz CT molecular complexity index is 696. The van der Waals surface area contributed by atoms with Crippen molar-refractivity contribution in [3.63, 3.8) is 0 Å². The highest BCUT2D eigenvalue weighted by Crippen LogP contribution is 2.31. The number of phenolic OH excluding ortho intramolecular Hbond substituents is 1. The van der Waals surface area contributed by atoms with Gasteiger partial charge in [0.25, 0.3) is 0 Å². The first-order chi connectivity index (χ1) is 10.0. The molecule has 1 fully saturated rings. The van der Waals surface area contributed by atoms with Crippen molar-refractivity contribution in [1.82, 2.24) is 4.98 Å². The van der Waals surface area contributed by atoms with Gasteiger partial charge in [-0.3, -0.25) is 14.5 Å². The predicted octanol–water partition coefficient (Wildman–Crippen LogP) is 1.35. The number of nitrogens with zero attached hydrogens (tertiary/aromatic N) is 2. The van der Waals surface area contributed by atoms with E-state index in [1.165, 1.54) is 16.2 Å². The van der Waals surface area contributed by atoms with E-state index < -0.39 is 11.8 Å². The first-order valence-corrected chi connectivity index (χ1v) is 7.27. The fraction of sp³-hybridized carbons (Fsp3) is 0.214. The third-order valence-electron chi connectivity index (χ3n) is 3.41. The Hall–Kier alpha value is -2.41. The first kappa shape index (κ1) is 13.6. The van der Waals surface area contributed by atoms with E-state index in [1.54, 1.807) is 24.3 Å². The zero-order valence-electron chi connectivity index (χ0n) is 11.0. The highest BCUT2D eigenvalue weighted by atomic mass is 32.1. The maximum atomic E-state index is 11.9. The van der Waals surface area contributed by atoms with E-state index in [-0.39, 0.29) is 24.6 Å². The Kier molecular flexibility index (Phi) is 3.34. The molecular weight excluding hydrogens is 290 g/mol. The second-order valence-corrected chi connectivity index (χ2v) is 5.71. The molecule has 0 radical (unpaired) electrons. The van der Waals surface area contributed by atoms with Crippen LogP contribution < -0.4 is 10.6 Å². The minimum Gasteiger partial charge on any atom is -0.508 e. The summed E-state index contributed by atoms with van der Waals surface area (Å²) < 4.78 is 0. The van der Waals surface area contributed by atoms with Crippen molar-refractivity contribution in [2.75, 3.05) is 11.4 Å². The number of hydrogen-bond donors (Lipinski definition) is 2. The number of amides is 2. The number of aromatic nitrogens is 1. The van der Waals surface area contributed by atoms with Gasteiger partial charge in [-0.2, -0.15) is 0 Å². The monoisotopic (exact) mass is 303 g/mol. The van der Waals surface area contributed by atoms with Crippen LogP contribution in [0.25, 0.3) is 11.3 Å². The molecule has 1 aliphatic heterocycles. The molecule has 6 nitrogen and oxygen atoms in total. The Balaban J connectivity index is 1.84. The summed E-state index contributed by atoms with van der Waals surface area (Å²) in [6, 6.07) is 6.68. The molecule has 0 aliphatic carbocycles. The molecule has 1 atom stereocenters. The van der Waals surface area contributed by atoms with Crippen LogP contribution in [0.15, 0.2) is 29.6 Å². The number of benzene rings is 1. The van der Waals surface area contributed by atoms with Gasteiger partial charge in [0.15, 0.2) is 5.13 Å². The summed E-state index contributed by atoms with van der Waals surface area (Å²) in [5.41, 5.74) is 6.83. The summed E-state index contributed by atoms with van der Waals surface area (Å²) in [4.78, 5) is 29.0. The number of phenols is 1. The number of anilines is 1. The number of nitrogens with two attached hydrogens (primary N) is 1. The molecule has 1 aliphatic rings. The van der Waals surface area contributed by atoms with Crippen molar-refractivity contribution < 1.29 is 14.7 Å². The van der Waals surface area contributed by atoms with Crippen LogP contribution in [-0.4, -0.2) is 28.4 Å². The van der Waals surface area contributed by atoms with Gasteiger partial charge in [0.1, 0.15) is 5.75 Å². The van der Waals surface area contributed by atoms with E-state index >= 15 is 0 Å². The topological polar surface area (TPSA) is 96.5 Å². The molecule has 2 amide bonds. The Morgan fingerprint density at radius 1 is 1.38 bits per heavy atom. The maximum absolute atomic E-state index is 11.9. The van der Waals surface area contributed by atoms with Gasteiger partial charge in [-0.1, -0.05) is 0 Å². The number of primary amides is 1. The van der Waals surface area contributed by atoms with Gasteiger partial charge in [-0.25, -0.2) is 4.98 Å². The zero-order chi connectivity index (χ0) is 15.0. The number of carbonyl (C=O) groups excluding carboxylic acids is 2. The van der Waals surface area contributed by atoms with Crippen molar-refractivity contribution in [1.29, 1.82) is 0 Å². The lowest BCUT2D eigenvalue weighted by molar-refractivity contribution is -0.123. The molecule has 7 heteroatoms. The molecule has 0 saturated carbocycles. The van der Waals surface area contributed by atoms with Crippen LogP contribution in [0, 0.1) is 5.92 Å². The third-order valence-corrected chi connectivity index (χ3v) is 4.28. The van der Waals surface area contributed by atoms with Crippen LogP contribution in [0.4, 0.5) is 5.13 Å². The average Bonchev–Trinajstić information content (AvgIpc) is 3.06. The van der Waals surface area contributed by atoms with Crippen molar-refractivity contribution >= 4 is 28.3 Å². The van der Waals surface area contributed by atoms with Crippen molar-refractivity contribution in [2.24, 2.45) is 11.7 Å². The SMILES string of the molecule is NC(=O)C1CC(=O)N(c2nc(-c3ccc(O)cc3)cs2)C1. The molecular formula is C14H13N3O3S. The molecule has 1 unspecified atom stereocenters. The molecule has 3 rings (SSSR count). The summed E-state index contributed by atoms with van der Waals surface area (Å²) in [7, 11) is 0. The highest BCUT2D eigenvalue weighted by molar-refractivity contribution is 7.14. The molecule has 2 aromatic rings. The van der Waals surface area contributed by atoms with Crippen molar-refractivity contribution in [2.45, 2.75) is 6.42 Å². The van der Waals surface area contributed by atoms with Gasteiger partial charge in [0.05, 0.1) is 11.6 Å². The summed E-state index contributed by atoms with van der Waals surface area (Å²) in [6.45, 7) is 0.288. The molecule has 1 aromatic heterocycles. The minimum atomic E-state index is -0.457. The molecule has 1 saturated heterocycles. The Morgan fingerprint density at radius 3 is 2.71 bits per heavy atom. The minimum absolute atomic E-state index is 0.134. The van der Waals surface area contributed by atoms with Crippen LogP contribution in [0.1, 0.15) is 6.42 Å². The maximum Gasteiger partial charge on any atom is 0.229 e. The molecule has 108 valence electrons. The van der Waals surface area contributed by atoms with Crippen LogP contribution in [0.2, 0.25) is 0 Å². The number of hydrogen-bond acceptors (Lipinski definition) is 5. The fourth-order valence-electron chi connectivity index (χ4n) is 2.24. The summed E-state index contributed by atoms with van der Waals surface area (Å²) in [5.74, 6) is -0.849. The van der Waals surface area contributed by atoms with Crippen molar-refractivity contribution in [3.8, 4) is 17.0 Å². The molecule has 3 N–H and O–H groups in total. The van der Waals surface area contributed by atoms with E-state index in [9.17, 15) is 14.7 Å². The number of carbonyl (C=O) groups is 2. The largest absolute Gasteiger partial charge is 0.508 e. The Labute approximate surface area is 124 Å². The van der Waals surface area contributed by atoms with Gasteiger partial charge in [0.2, 0.25) is 11.8 Å². The predicted molar refractivity (Wildman–Crippen MR) is 78.9 cm³/mol. The third kappa shape index (κ3) is 2.59. The van der Waals surface area contributed by atoms with Crippen LogP contribution in [0.5, 0.6) is 5.75 Å². The van der Waals surface area contributed by atoms with Crippen LogP contribution in [-0.2, 0) is 9.59 Å². The van der Waals surface area contributed by atoms with E-state index in [0.717, 1.165) is 11.3 Å². The first-order valence-electron chi connectivity index (χ1n) is 6.39. The molecule has 1 aromatic carbocycles. The number of rotatable bonds is 3. The summed E-state index contributed by atoms with van der Waals surface area (Å²) in [6.07, 6.45) is 0.142. The van der Waals surface area contributed by atoms with Gasteiger partial charge < -0.3 is 10.8 Å². The lowest BCUT2D eigenvalue weighted by atomic mass is 10.1. The van der Waals surface area contributed by atoms with E-state index in [1.807, 2.05) is 5.38 Å². The van der Waals surface area contributed by atoms with Gasteiger partial charge in [0, 0.05) is 23.9 Å². The van der Waals surface area contributed by atoms with Crippen LogP contribution in [0.3, 0.4) is 0 Å². The molecule has 21 heavy (non-hydrogen) atoms. The van der Waals surface area contributed by atoms with Gasteiger partial charge in [-0.15, -0.1) is 11.3 Å². The quantitative estimate of drug-likeness (QED) is 0.894. The normalized spacial score (nSPS) is 18.2. The Morgan fingerprint density at radius 2 is 2.10 bits per heavy atom. The van der Waals surface area contributed by atoms with Crippen LogP contribution >= 0.6 is 11.3 Å². The smallest absolute Gasteiger partial charge is 0.229 e.